The molecule has 5 heteroatoms. The van der Waals surface area contributed by atoms with Crippen LogP contribution >= 0.6 is 0 Å². The van der Waals surface area contributed by atoms with Crippen LogP contribution in [0.2, 0.25) is 0 Å². The van der Waals surface area contributed by atoms with Crippen molar-refractivity contribution in [2.24, 2.45) is 0 Å². The molecule has 1 aromatic heterocycles. The lowest BCUT2D eigenvalue weighted by Crippen LogP contribution is -2.06. The van der Waals surface area contributed by atoms with Gasteiger partial charge >= 0.3 is 0 Å². The van der Waals surface area contributed by atoms with Crippen LogP contribution in [0.5, 0.6) is 23.0 Å². The van der Waals surface area contributed by atoms with Crippen molar-refractivity contribution < 1.29 is 14.2 Å². The van der Waals surface area contributed by atoms with E-state index in [0.29, 0.717) is 23.8 Å². The lowest BCUT2D eigenvalue weighted by Gasteiger charge is -2.10. The smallest absolute Gasteiger partial charge is 0.134 e. The average molecular weight is 274 g/mol. The number of hydrogen-bond acceptors (Lipinski definition) is 5. The highest BCUT2D eigenvalue weighted by Crippen LogP contribution is 2.30. The molecule has 0 unspecified atom stereocenters. The van der Waals surface area contributed by atoms with Gasteiger partial charge < -0.3 is 19.5 Å². The lowest BCUT2D eigenvalue weighted by molar-refractivity contribution is 0.386. The van der Waals surface area contributed by atoms with Crippen molar-refractivity contribution in [1.29, 1.82) is 0 Å². The summed E-state index contributed by atoms with van der Waals surface area (Å²) >= 11 is 0. The summed E-state index contributed by atoms with van der Waals surface area (Å²) in [6, 6.07) is 9.11. The van der Waals surface area contributed by atoms with E-state index >= 15 is 0 Å². The van der Waals surface area contributed by atoms with Gasteiger partial charge in [0.15, 0.2) is 0 Å². The fourth-order valence-corrected chi connectivity index (χ4v) is 1.77. The molecule has 0 aliphatic carbocycles. The molecule has 1 aromatic carbocycles. The van der Waals surface area contributed by atoms with E-state index < -0.39 is 0 Å². The number of benzene rings is 1. The van der Waals surface area contributed by atoms with Crippen LogP contribution in [0, 0.1) is 0 Å². The third-order valence-corrected chi connectivity index (χ3v) is 2.71. The summed E-state index contributed by atoms with van der Waals surface area (Å²) in [7, 11) is 5.09. The Hall–Kier alpha value is -2.27. The predicted octanol–water partition coefficient (Wildman–Crippen LogP) is 2.61. The van der Waals surface area contributed by atoms with Crippen molar-refractivity contribution in [1.82, 2.24) is 10.3 Å². The third kappa shape index (κ3) is 3.61. The number of nitrogens with zero attached hydrogens (tertiary/aromatic N) is 1. The Bertz CT molecular complexity index is 551. The Balaban J connectivity index is 2.22. The molecule has 1 N–H and O–H groups in total. The monoisotopic (exact) mass is 274 g/mol. The fourth-order valence-electron chi connectivity index (χ4n) is 1.77. The largest absolute Gasteiger partial charge is 0.496 e. The number of rotatable bonds is 6. The highest BCUT2D eigenvalue weighted by molar-refractivity contribution is 5.44. The molecule has 0 aliphatic heterocycles. The van der Waals surface area contributed by atoms with Crippen molar-refractivity contribution in [3.63, 3.8) is 0 Å². The molecule has 1 heterocycles. The van der Waals surface area contributed by atoms with Gasteiger partial charge in [-0.25, -0.2) is 0 Å². The maximum Gasteiger partial charge on any atom is 0.134 e. The molecule has 106 valence electrons. The SMILES string of the molecule is CNCc1cc(Oc2cc(OC)cc(OC)c2)ccn1. The zero-order valence-corrected chi connectivity index (χ0v) is 11.8. The molecule has 2 aromatic rings. The van der Waals surface area contributed by atoms with Crippen LogP contribution in [0.4, 0.5) is 0 Å². The van der Waals surface area contributed by atoms with E-state index in [1.165, 1.54) is 0 Å². The van der Waals surface area contributed by atoms with Crippen molar-refractivity contribution in [3.05, 3.63) is 42.2 Å². The maximum absolute atomic E-state index is 5.82. The molecule has 2 rings (SSSR count). The molecular weight excluding hydrogens is 256 g/mol. The Morgan fingerprint density at radius 3 is 2.20 bits per heavy atom. The molecule has 0 bridgehead atoms. The van der Waals surface area contributed by atoms with Gasteiger partial charge in [-0.1, -0.05) is 0 Å². The van der Waals surface area contributed by atoms with Gasteiger partial charge in [-0.05, 0) is 13.1 Å². The number of nitrogens with one attached hydrogen (secondary N) is 1. The molecule has 0 amide bonds. The first-order valence-electron chi connectivity index (χ1n) is 6.25. The second kappa shape index (κ2) is 6.77. The molecule has 20 heavy (non-hydrogen) atoms. The average Bonchev–Trinajstić information content (AvgIpc) is 2.47. The predicted molar refractivity (Wildman–Crippen MR) is 76.6 cm³/mol. The zero-order chi connectivity index (χ0) is 14.4. The minimum absolute atomic E-state index is 0.655. The molecule has 5 nitrogen and oxygen atoms in total. The number of pyridine rings is 1. The van der Waals surface area contributed by atoms with Gasteiger partial charge in [0.05, 0.1) is 19.9 Å². The normalized spacial score (nSPS) is 10.2. The summed E-state index contributed by atoms with van der Waals surface area (Å²) in [6.07, 6.45) is 1.72. The fraction of sp³-hybridized carbons (Fsp3) is 0.267. The number of hydrogen-bond donors (Lipinski definition) is 1. The minimum Gasteiger partial charge on any atom is -0.496 e. The summed E-state index contributed by atoms with van der Waals surface area (Å²) in [4.78, 5) is 4.25. The standard InChI is InChI=1S/C15H18N2O3/c1-16-10-11-6-12(4-5-17-11)20-15-8-13(18-2)7-14(9-15)19-3/h4-9,16H,10H2,1-3H3. The maximum atomic E-state index is 5.82. The van der Waals surface area contributed by atoms with Crippen molar-refractivity contribution >= 4 is 0 Å². The number of methoxy groups -OCH3 is 2. The van der Waals surface area contributed by atoms with Crippen molar-refractivity contribution in [3.8, 4) is 23.0 Å². The van der Waals surface area contributed by atoms with Crippen LogP contribution in [-0.2, 0) is 6.54 Å². The molecule has 0 saturated heterocycles. The van der Waals surface area contributed by atoms with Gasteiger partial charge in [0.1, 0.15) is 23.0 Å². The molecule has 0 fully saturated rings. The van der Waals surface area contributed by atoms with Crippen LogP contribution in [0.25, 0.3) is 0 Å². The first-order chi connectivity index (χ1) is 9.75. The molecule has 0 saturated carbocycles. The molecule has 0 atom stereocenters. The summed E-state index contributed by atoms with van der Waals surface area (Å²) in [5.41, 5.74) is 0.917. The van der Waals surface area contributed by atoms with Crippen LogP contribution in [0.3, 0.4) is 0 Å². The Labute approximate surface area is 118 Å². The van der Waals surface area contributed by atoms with Gasteiger partial charge in [-0.15, -0.1) is 0 Å². The Morgan fingerprint density at radius 1 is 0.950 bits per heavy atom. The molecule has 0 radical (unpaired) electrons. The first-order valence-corrected chi connectivity index (χ1v) is 6.25. The van der Waals surface area contributed by atoms with E-state index in [0.717, 1.165) is 11.4 Å². The number of aromatic nitrogens is 1. The summed E-state index contributed by atoms with van der Waals surface area (Å²) in [6.45, 7) is 0.693. The minimum atomic E-state index is 0.655. The summed E-state index contributed by atoms with van der Waals surface area (Å²) < 4.78 is 16.3. The van der Waals surface area contributed by atoms with Crippen LogP contribution < -0.4 is 19.5 Å². The van der Waals surface area contributed by atoms with Crippen LogP contribution in [-0.4, -0.2) is 26.3 Å². The Kier molecular flexibility index (Phi) is 4.79. The zero-order valence-electron chi connectivity index (χ0n) is 11.8. The van der Waals surface area contributed by atoms with Crippen molar-refractivity contribution in [2.75, 3.05) is 21.3 Å². The highest BCUT2D eigenvalue weighted by atomic mass is 16.5. The third-order valence-electron chi connectivity index (χ3n) is 2.71. The first kappa shape index (κ1) is 14.1. The highest BCUT2D eigenvalue weighted by Gasteiger charge is 2.05. The lowest BCUT2D eigenvalue weighted by atomic mass is 10.3. The second-order valence-corrected chi connectivity index (χ2v) is 4.16. The second-order valence-electron chi connectivity index (χ2n) is 4.16. The molecular formula is C15H18N2O3. The van der Waals surface area contributed by atoms with Gasteiger partial charge in [0.25, 0.3) is 0 Å². The van der Waals surface area contributed by atoms with E-state index in [1.54, 1.807) is 38.6 Å². The van der Waals surface area contributed by atoms with Gasteiger partial charge in [-0.2, -0.15) is 0 Å². The number of ether oxygens (including phenoxy) is 3. The summed E-state index contributed by atoms with van der Waals surface area (Å²) in [5.74, 6) is 2.75. The van der Waals surface area contributed by atoms with Crippen molar-refractivity contribution in [2.45, 2.75) is 6.54 Å². The quantitative estimate of drug-likeness (QED) is 0.877. The van der Waals surface area contributed by atoms with Gasteiger partial charge in [0.2, 0.25) is 0 Å². The van der Waals surface area contributed by atoms with E-state index in [-0.39, 0.29) is 0 Å². The van der Waals surface area contributed by atoms with Gasteiger partial charge in [0, 0.05) is 37.0 Å². The molecule has 0 spiro atoms. The van der Waals surface area contributed by atoms with E-state index in [9.17, 15) is 0 Å². The molecule has 0 aliphatic rings. The van der Waals surface area contributed by atoms with E-state index in [2.05, 4.69) is 10.3 Å². The topological polar surface area (TPSA) is 52.6 Å². The van der Waals surface area contributed by atoms with E-state index in [4.69, 9.17) is 14.2 Å². The van der Waals surface area contributed by atoms with E-state index in [1.807, 2.05) is 19.2 Å². The van der Waals surface area contributed by atoms with Crippen LogP contribution in [0.1, 0.15) is 5.69 Å². The Morgan fingerprint density at radius 2 is 1.60 bits per heavy atom. The van der Waals surface area contributed by atoms with Crippen LogP contribution in [0.15, 0.2) is 36.5 Å². The van der Waals surface area contributed by atoms with Gasteiger partial charge in [-0.3, -0.25) is 4.98 Å². The summed E-state index contributed by atoms with van der Waals surface area (Å²) in [5, 5.41) is 3.05.